The molecule has 0 atom stereocenters. The molecule has 1 heterocycles. The molecule has 0 unspecified atom stereocenters. The fraction of sp³-hybridized carbons (Fsp3) is 0.667. The highest BCUT2D eigenvalue weighted by Crippen LogP contribution is 2.21. The Balaban J connectivity index is 2.77. The molecule has 1 aromatic rings. The van der Waals surface area contributed by atoms with Gasteiger partial charge in [-0.25, -0.2) is 9.78 Å². The van der Waals surface area contributed by atoms with E-state index in [0.29, 0.717) is 18.2 Å². The maximum absolute atomic E-state index is 11.4. The van der Waals surface area contributed by atoms with Gasteiger partial charge in [0.05, 0.1) is 13.7 Å². The summed E-state index contributed by atoms with van der Waals surface area (Å²) in [4.78, 5) is 17.8. The Kier molecular flexibility index (Phi) is 6.07. The minimum atomic E-state index is -0.395. The molecule has 5 nitrogen and oxygen atoms in total. The Morgan fingerprint density at radius 3 is 2.78 bits per heavy atom. The van der Waals surface area contributed by atoms with Crippen molar-refractivity contribution in [3.05, 3.63) is 11.1 Å². The van der Waals surface area contributed by atoms with E-state index in [1.807, 2.05) is 0 Å². The van der Waals surface area contributed by atoms with Gasteiger partial charge in [0.1, 0.15) is 0 Å². The highest BCUT2D eigenvalue weighted by Gasteiger charge is 2.16. The summed E-state index contributed by atoms with van der Waals surface area (Å²) in [7, 11) is 3.04. The molecule has 102 valence electrons. The van der Waals surface area contributed by atoms with E-state index in [-0.39, 0.29) is 0 Å². The molecule has 0 aliphatic rings. The topological polar surface area (TPSA) is 51.7 Å². The predicted molar refractivity (Wildman–Crippen MR) is 72.4 cm³/mol. The largest absolute Gasteiger partial charge is 0.464 e. The number of carbonyl (C=O) groups is 1. The molecule has 0 saturated heterocycles. The first-order chi connectivity index (χ1) is 8.58. The molecule has 0 aromatic carbocycles. The Morgan fingerprint density at radius 1 is 1.50 bits per heavy atom. The van der Waals surface area contributed by atoms with Crippen LogP contribution in [-0.2, 0) is 9.47 Å². The van der Waals surface area contributed by atoms with Crippen LogP contribution in [0.25, 0.3) is 0 Å². The predicted octanol–water partition coefficient (Wildman–Crippen LogP) is 2.04. The summed E-state index contributed by atoms with van der Waals surface area (Å²) in [6, 6.07) is 0. The van der Waals surface area contributed by atoms with E-state index in [1.165, 1.54) is 18.4 Å². The van der Waals surface area contributed by atoms with E-state index in [0.717, 1.165) is 18.2 Å². The molecule has 0 spiro atoms. The van der Waals surface area contributed by atoms with Gasteiger partial charge in [-0.2, -0.15) is 0 Å². The van der Waals surface area contributed by atoms with Crippen molar-refractivity contribution in [1.29, 1.82) is 0 Å². The molecule has 0 fully saturated rings. The SMILES string of the molecule is COCCN(CC(C)C)c1nc(C(=O)OC)cs1. The first-order valence-electron chi connectivity index (χ1n) is 5.86. The van der Waals surface area contributed by atoms with Crippen molar-refractivity contribution in [3.8, 4) is 0 Å². The van der Waals surface area contributed by atoms with Crippen molar-refractivity contribution in [1.82, 2.24) is 4.98 Å². The van der Waals surface area contributed by atoms with Crippen molar-refractivity contribution in [2.45, 2.75) is 13.8 Å². The molecule has 0 N–H and O–H groups in total. The summed E-state index contributed by atoms with van der Waals surface area (Å²) < 4.78 is 9.75. The Bertz CT molecular complexity index is 379. The number of thiazole rings is 1. The van der Waals surface area contributed by atoms with Crippen LogP contribution in [0.2, 0.25) is 0 Å². The average molecular weight is 272 g/mol. The lowest BCUT2D eigenvalue weighted by Crippen LogP contribution is -2.30. The van der Waals surface area contributed by atoms with Crippen LogP contribution in [0.5, 0.6) is 0 Å². The molecule has 0 saturated carbocycles. The lowest BCUT2D eigenvalue weighted by Gasteiger charge is -2.23. The average Bonchev–Trinajstić information content (AvgIpc) is 2.82. The van der Waals surface area contributed by atoms with Gasteiger partial charge in [-0.15, -0.1) is 11.3 Å². The van der Waals surface area contributed by atoms with Crippen LogP contribution in [0, 0.1) is 5.92 Å². The molecule has 0 aliphatic carbocycles. The number of nitrogens with zero attached hydrogens (tertiary/aromatic N) is 2. The first-order valence-corrected chi connectivity index (χ1v) is 6.74. The lowest BCUT2D eigenvalue weighted by molar-refractivity contribution is 0.0595. The molecule has 0 bridgehead atoms. The summed E-state index contributed by atoms with van der Waals surface area (Å²) in [5.74, 6) is 0.126. The number of carbonyl (C=O) groups excluding carboxylic acids is 1. The van der Waals surface area contributed by atoms with E-state index >= 15 is 0 Å². The second-order valence-electron chi connectivity index (χ2n) is 4.34. The zero-order valence-corrected chi connectivity index (χ0v) is 12.1. The summed E-state index contributed by atoms with van der Waals surface area (Å²) in [6.07, 6.45) is 0. The van der Waals surface area contributed by atoms with Crippen LogP contribution < -0.4 is 4.90 Å². The van der Waals surface area contributed by atoms with Crippen LogP contribution in [0.1, 0.15) is 24.3 Å². The zero-order chi connectivity index (χ0) is 13.5. The van der Waals surface area contributed by atoms with Crippen LogP contribution in [-0.4, -0.2) is 44.9 Å². The van der Waals surface area contributed by atoms with E-state index < -0.39 is 5.97 Å². The Morgan fingerprint density at radius 2 is 2.22 bits per heavy atom. The van der Waals surface area contributed by atoms with Gasteiger partial charge in [0.2, 0.25) is 0 Å². The van der Waals surface area contributed by atoms with E-state index in [1.54, 1.807) is 12.5 Å². The third-order valence-electron chi connectivity index (χ3n) is 2.31. The molecular weight excluding hydrogens is 252 g/mol. The monoisotopic (exact) mass is 272 g/mol. The van der Waals surface area contributed by atoms with Crippen LogP contribution in [0.3, 0.4) is 0 Å². The Hall–Kier alpha value is -1.14. The molecular formula is C12H20N2O3S. The van der Waals surface area contributed by atoms with Gasteiger partial charge in [0.25, 0.3) is 0 Å². The number of methoxy groups -OCH3 is 2. The van der Waals surface area contributed by atoms with Crippen LogP contribution >= 0.6 is 11.3 Å². The number of esters is 1. The minimum absolute atomic E-state index is 0.365. The summed E-state index contributed by atoms with van der Waals surface area (Å²) in [5, 5.41) is 2.56. The van der Waals surface area contributed by atoms with Gasteiger partial charge in [-0.3, -0.25) is 0 Å². The van der Waals surface area contributed by atoms with E-state index in [2.05, 4.69) is 28.5 Å². The molecule has 1 aromatic heterocycles. The van der Waals surface area contributed by atoms with Gasteiger partial charge >= 0.3 is 5.97 Å². The standard InChI is InChI=1S/C12H20N2O3S/c1-9(2)7-14(5-6-16-3)12-13-10(8-18-12)11(15)17-4/h8-9H,5-7H2,1-4H3. The van der Waals surface area contributed by atoms with Gasteiger partial charge in [-0.05, 0) is 5.92 Å². The number of rotatable bonds is 7. The third-order valence-corrected chi connectivity index (χ3v) is 3.21. The third kappa shape index (κ3) is 4.27. The normalized spacial score (nSPS) is 10.7. The summed E-state index contributed by atoms with van der Waals surface area (Å²) >= 11 is 1.45. The minimum Gasteiger partial charge on any atom is -0.464 e. The quantitative estimate of drug-likeness (QED) is 0.711. The van der Waals surface area contributed by atoms with Crippen LogP contribution in [0.15, 0.2) is 5.38 Å². The number of anilines is 1. The summed E-state index contributed by atoms with van der Waals surface area (Å²) in [5.41, 5.74) is 0.365. The van der Waals surface area contributed by atoms with Gasteiger partial charge in [-0.1, -0.05) is 13.8 Å². The second-order valence-corrected chi connectivity index (χ2v) is 5.18. The van der Waals surface area contributed by atoms with Gasteiger partial charge in [0, 0.05) is 25.6 Å². The van der Waals surface area contributed by atoms with Gasteiger partial charge < -0.3 is 14.4 Å². The molecule has 0 amide bonds. The maximum Gasteiger partial charge on any atom is 0.357 e. The van der Waals surface area contributed by atoms with E-state index in [9.17, 15) is 4.79 Å². The fourth-order valence-corrected chi connectivity index (χ4v) is 2.35. The zero-order valence-electron chi connectivity index (χ0n) is 11.3. The molecule has 0 aliphatic heterocycles. The molecule has 0 radical (unpaired) electrons. The smallest absolute Gasteiger partial charge is 0.357 e. The highest BCUT2D eigenvalue weighted by molar-refractivity contribution is 7.13. The second kappa shape index (κ2) is 7.33. The lowest BCUT2D eigenvalue weighted by atomic mass is 10.2. The number of hydrogen-bond acceptors (Lipinski definition) is 6. The summed E-state index contributed by atoms with van der Waals surface area (Å²) in [6.45, 7) is 6.59. The first kappa shape index (κ1) is 14.9. The Labute approximate surface area is 112 Å². The number of hydrogen-bond donors (Lipinski definition) is 0. The maximum atomic E-state index is 11.4. The molecule has 1 rings (SSSR count). The van der Waals surface area contributed by atoms with Crippen molar-refractivity contribution >= 4 is 22.4 Å². The van der Waals surface area contributed by atoms with Gasteiger partial charge in [0.15, 0.2) is 10.8 Å². The number of aromatic nitrogens is 1. The van der Waals surface area contributed by atoms with Crippen molar-refractivity contribution < 1.29 is 14.3 Å². The van der Waals surface area contributed by atoms with E-state index in [4.69, 9.17) is 4.74 Å². The van der Waals surface area contributed by atoms with Crippen LogP contribution in [0.4, 0.5) is 5.13 Å². The van der Waals surface area contributed by atoms with Crippen molar-refractivity contribution in [2.24, 2.45) is 5.92 Å². The molecule has 6 heteroatoms. The number of ether oxygens (including phenoxy) is 2. The van der Waals surface area contributed by atoms with Crippen molar-refractivity contribution in [2.75, 3.05) is 38.8 Å². The van der Waals surface area contributed by atoms with Crippen molar-refractivity contribution in [3.63, 3.8) is 0 Å². The fourth-order valence-electron chi connectivity index (χ4n) is 1.52. The molecule has 18 heavy (non-hydrogen) atoms. The highest BCUT2D eigenvalue weighted by atomic mass is 32.1.